The number of aliphatic hydroxyl groups excluding tert-OH is 1. The van der Waals surface area contributed by atoms with E-state index in [1.807, 2.05) is 18.2 Å². The van der Waals surface area contributed by atoms with E-state index in [0.29, 0.717) is 6.61 Å². The first-order valence-corrected chi connectivity index (χ1v) is 6.80. The van der Waals surface area contributed by atoms with Crippen molar-refractivity contribution in [3.05, 3.63) is 29.8 Å². The Morgan fingerprint density at radius 3 is 2.95 bits per heavy atom. The smallest absolute Gasteiger partial charge is 0.119 e. The number of methoxy groups -OCH3 is 1. The van der Waals surface area contributed by atoms with Gasteiger partial charge in [-0.3, -0.25) is 4.90 Å². The Balaban J connectivity index is 1.79. The molecule has 1 N–H and O–H groups in total. The molecule has 1 aliphatic rings. The maximum Gasteiger partial charge on any atom is 0.119 e. The fourth-order valence-corrected chi connectivity index (χ4v) is 2.56. The van der Waals surface area contributed by atoms with E-state index in [-0.39, 0.29) is 18.8 Å². The molecule has 0 unspecified atom stereocenters. The average molecular weight is 265 g/mol. The molecule has 1 aliphatic heterocycles. The van der Waals surface area contributed by atoms with Crippen molar-refractivity contribution in [3.8, 4) is 5.75 Å². The average Bonchev–Trinajstić information content (AvgIpc) is 2.81. The van der Waals surface area contributed by atoms with E-state index in [9.17, 15) is 5.11 Å². The first kappa shape index (κ1) is 14.3. The minimum atomic E-state index is 0.185. The Labute approximate surface area is 114 Å². The van der Waals surface area contributed by atoms with Crippen molar-refractivity contribution < 1.29 is 14.6 Å². The van der Waals surface area contributed by atoms with Gasteiger partial charge in [-0.15, -0.1) is 0 Å². The summed E-state index contributed by atoms with van der Waals surface area (Å²) >= 11 is 0. The van der Waals surface area contributed by atoms with Gasteiger partial charge in [-0.25, -0.2) is 0 Å². The minimum absolute atomic E-state index is 0.185. The SMILES string of the molecule is CO[C@H]1C[C@@H](CO)N(CCOc2cccc(C)c2)C1. The third kappa shape index (κ3) is 3.93. The molecule has 1 heterocycles. The second-order valence-corrected chi connectivity index (χ2v) is 5.09. The highest BCUT2D eigenvalue weighted by atomic mass is 16.5. The molecule has 1 aromatic carbocycles. The van der Waals surface area contributed by atoms with Crippen LogP contribution in [0.15, 0.2) is 24.3 Å². The quantitative estimate of drug-likeness (QED) is 0.845. The molecule has 2 atom stereocenters. The molecule has 106 valence electrons. The summed E-state index contributed by atoms with van der Waals surface area (Å²) in [6.07, 6.45) is 1.13. The van der Waals surface area contributed by atoms with E-state index < -0.39 is 0 Å². The number of aliphatic hydroxyl groups is 1. The van der Waals surface area contributed by atoms with Gasteiger partial charge in [0, 0.05) is 26.2 Å². The standard InChI is InChI=1S/C15H23NO3/c1-12-4-3-5-14(8-12)19-7-6-16-10-15(18-2)9-13(16)11-17/h3-5,8,13,15,17H,6-7,9-11H2,1-2H3/t13-,15-/m0/s1. The van der Waals surface area contributed by atoms with E-state index in [1.165, 1.54) is 5.56 Å². The highest BCUT2D eigenvalue weighted by molar-refractivity contribution is 5.27. The second kappa shape index (κ2) is 6.89. The fourth-order valence-electron chi connectivity index (χ4n) is 2.56. The zero-order chi connectivity index (χ0) is 13.7. The van der Waals surface area contributed by atoms with Gasteiger partial charge in [0.2, 0.25) is 0 Å². The van der Waals surface area contributed by atoms with Gasteiger partial charge in [-0.2, -0.15) is 0 Å². The lowest BCUT2D eigenvalue weighted by Gasteiger charge is -2.22. The molecule has 0 bridgehead atoms. The van der Waals surface area contributed by atoms with Crippen LogP contribution in [0.3, 0.4) is 0 Å². The number of aryl methyl sites for hydroxylation is 1. The van der Waals surface area contributed by atoms with Crippen molar-refractivity contribution >= 4 is 0 Å². The number of hydrogen-bond donors (Lipinski definition) is 1. The van der Waals surface area contributed by atoms with Crippen LogP contribution in [-0.4, -0.2) is 55.6 Å². The molecule has 4 heteroatoms. The maximum absolute atomic E-state index is 9.36. The molecule has 0 aromatic heterocycles. The number of likely N-dealkylation sites (tertiary alicyclic amines) is 1. The van der Waals surface area contributed by atoms with E-state index >= 15 is 0 Å². The normalized spacial score (nSPS) is 23.7. The van der Waals surface area contributed by atoms with Crippen LogP contribution in [0, 0.1) is 6.92 Å². The van der Waals surface area contributed by atoms with Crippen molar-refractivity contribution in [3.63, 3.8) is 0 Å². The summed E-state index contributed by atoms with van der Waals surface area (Å²) in [6.45, 7) is 4.57. The second-order valence-electron chi connectivity index (χ2n) is 5.09. The first-order valence-electron chi connectivity index (χ1n) is 6.80. The molecular formula is C15H23NO3. The molecule has 0 radical (unpaired) electrons. The topological polar surface area (TPSA) is 41.9 Å². The zero-order valence-electron chi connectivity index (χ0n) is 11.7. The lowest BCUT2D eigenvalue weighted by molar-refractivity contribution is 0.105. The molecular weight excluding hydrogens is 242 g/mol. The van der Waals surface area contributed by atoms with Gasteiger partial charge in [-0.1, -0.05) is 12.1 Å². The van der Waals surface area contributed by atoms with Gasteiger partial charge in [0.25, 0.3) is 0 Å². The van der Waals surface area contributed by atoms with Crippen LogP contribution in [0.5, 0.6) is 5.75 Å². The van der Waals surface area contributed by atoms with E-state index in [1.54, 1.807) is 7.11 Å². The summed E-state index contributed by atoms with van der Waals surface area (Å²) in [6, 6.07) is 8.26. The van der Waals surface area contributed by atoms with Crippen molar-refractivity contribution in [2.24, 2.45) is 0 Å². The summed E-state index contributed by atoms with van der Waals surface area (Å²) in [5.41, 5.74) is 1.20. The summed E-state index contributed by atoms with van der Waals surface area (Å²) in [4.78, 5) is 2.24. The molecule has 4 nitrogen and oxygen atoms in total. The van der Waals surface area contributed by atoms with E-state index in [2.05, 4.69) is 17.9 Å². The van der Waals surface area contributed by atoms with Crippen LogP contribution in [0.25, 0.3) is 0 Å². The molecule has 0 amide bonds. The number of rotatable bonds is 6. The van der Waals surface area contributed by atoms with Crippen molar-refractivity contribution in [1.82, 2.24) is 4.90 Å². The third-order valence-electron chi connectivity index (χ3n) is 3.67. The van der Waals surface area contributed by atoms with Crippen LogP contribution in [0.1, 0.15) is 12.0 Å². The maximum atomic E-state index is 9.36. The molecule has 0 aliphatic carbocycles. The van der Waals surface area contributed by atoms with Gasteiger partial charge in [0.05, 0.1) is 12.7 Å². The predicted octanol–water partition coefficient (Wildman–Crippen LogP) is 1.46. The Bertz CT molecular complexity index is 397. The van der Waals surface area contributed by atoms with Crippen LogP contribution >= 0.6 is 0 Å². The van der Waals surface area contributed by atoms with Crippen molar-refractivity contribution in [1.29, 1.82) is 0 Å². The fraction of sp³-hybridized carbons (Fsp3) is 0.600. The molecule has 0 spiro atoms. The Hall–Kier alpha value is -1.10. The summed E-state index contributed by atoms with van der Waals surface area (Å²) in [5, 5.41) is 9.36. The van der Waals surface area contributed by atoms with Gasteiger partial charge in [-0.05, 0) is 31.0 Å². The highest BCUT2D eigenvalue weighted by Gasteiger charge is 2.31. The molecule has 1 aromatic rings. The third-order valence-corrected chi connectivity index (χ3v) is 3.67. The van der Waals surface area contributed by atoms with Gasteiger partial charge in [0.15, 0.2) is 0 Å². The van der Waals surface area contributed by atoms with Gasteiger partial charge in [0.1, 0.15) is 12.4 Å². The van der Waals surface area contributed by atoms with E-state index in [4.69, 9.17) is 9.47 Å². The summed E-state index contributed by atoms with van der Waals surface area (Å²) in [5.74, 6) is 0.906. The Morgan fingerprint density at radius 1 is 1.42 bits per heavy atom. The Kier molecular flexibility index (Phi) is 5.19. The van der Waals surface area contributed by atoms with Crippen LogP contribution in [0.4, 0.5) is 0 Å². The minimum Gasteiger partial charge on any atom is -0.492 e. The number of ether oxygens (including phenoxy) is 2. The summed E-state index contributed by atoms with van der Waals surface area (Å²) < 4.78 is 11.1. The highest BCUT2D eigenvalue weighted by Crippen LogP contribution is 2.19. The van der Waals surface area contributed by atoms with Crippen molar-refractivity contribution in [2.45, 2.75) is 25.5 Å². The molecule has 2 rings (SSSR count). The van der Waals surface area contributed by atoms with Crippen LogP contribution < -0.4 is 4.74 Å². The van der Waals surface area contributed by atoms with E-state index in [0.717, 1.165) is 25.3 Å². The molecule has 1 fully saturated rings. The van der Waals surface area contributed by atoms with Gasteiger partial charge >= 0.3 is 0 Å². The van der Waals surface area contributed by atoms with Gasteiger partial charge < -0.3 is 14.6 Å². The monoisotopic (exact) mass is 265 g/mol. The zero-order valence-corrected chi connectivity index (χ0v) is 11.7. The number of hydrogen-bond acceptors (Lipinski definition) is 4. The summed E-state index contributed by atoms with van der Waals surface area (Å²) in [7, 11) is 1.73. The predicted molar refractivity (Wildman–Crippen MR) is 74.5 cm³/mol. The van der Waals surface area contributed by atoms with Crippen LogP contribution in [0.2, 0.25) is 0 Å². The number of benzene rings is 1. The molecule has 0 saturated carbocycles. The lowest BCUT2D eigenvalue weighted by Crippen LogP contribution is -2.35. The van der Waals surface area contributed by atoms with Crippen LogP contribution in [-0.2, 0) is 4.74 Å². The number of nitrogens with zero attached hydrogens (tertiary/aromatic N) is 1. The Morgan fingerprint density at radius 2 is 2.26 bits per heavy atom. The lowest BCUT2D eigenvalue weighted by atomic mass is 10.2. The first-order chi connectivity index (χ1) is 9.22. The molecule has 19 heavy (non-hydrogen) atoms. The molecule has 1 saturated heterocycles. The largest absolute Gasteiger partial charge is 0.492 e. The van der Waals surface area contributed by atoms with Crippen molar-refractivity contribution in [2.75, 3.05) is 33.4 Å².